The Labute approximate surface area is 130 Å². The summed E-state index contributed by atoms with van der Waals surface area (Å²) in [5.41, 5.74) is 0.478. The predicted molar refractivity (Wildman–Crippen MR) is 83.3 cm³/mol. The molecule has 4 saturated carbocycles. The molecule has 4 aliphatic carbocycles. The number of nitrogens with zero attached hydrogens (tertiary/aromatic N) is 1. The Hall–Kier alpha value is -1.65. The number of pyridine rings is 1. The van der Waals surface area contributed by atoms with Crippen LogP contribution in [0.4, 0.5) is 11.5 Å². The Kier molecular flexibility index (Phi) is 3.13. The molecule has 5 heteroatoms. The van der Waals surface area contributed by atoms with Crippen molar-refractivity contribution in [1.29, 1.82) is 0 Å². The van der Waals surface area contributed by atoms with Gasteiger partial charge in [0, 0.05) is 11.5 Å². The first-order valence-electron chi connectivity index (χ1n) is 8.47. The highest BCUT2D eigenvalue weighted by atomic mass is 16.6. The van der Waals surface area contributed by atoms with Gasteiger partial charge in [-0.3, -0.25) is 15.4 Å². The molecule has 0 amide bonds. The number of nitrogens with one attached hydrogen (secondary N) is 2. The molecule has 4 bridgehead atoms. The average Bonchev–Trinajstić information content (AvgIpc) is 2.46. The van der Waals surface area contributed by atoms with Gasteiger partial charge in [0.15, 0.2) is 0 Å². The molecule has 0 unspecified atom stereocenters. The molecule has 4 fully saturated rings. The molecule has 1 atom stereocenters. The van der Waals surface area contributed by atoms with Gasteiger partial charge in [-0.2, -0.15) is 0 Å². The van der Waals surface area contributed by atoms with E-state index in [1.807, 2.05) is 0 Å². The van der Waals surface area contributed by atoms with Crippen molar-refractivity contribution in [3.63, 3.8) is 0 Å². The monoisotopic (exact) mass is 302 g/mol. The van der Waals surface area contributed by atoms with Gasteiger partial charge in [0.2, 0.25) is 0 Å². The summed E-state index contributed by atoms with van der Waals surface area (Å²) in [5, 5.41) is 14.6. The van der Waals surface area contributed by atoms with Crippen LogP contribution in [0.15, 0.2) is 18.3 Å². The summed E-state index contributed by atoms with van der Waals surface area (Å²) in [6.07, 6.45) is 9.91. The maximum atomic E-state index is 11.2. The third-order valence-electron chi connectivity index (χ3n) is 6.40. The number of H-pyrrole nitrogens is 1. The van der Waals surface area contributed by atoms with Crippen molar-refractivity contribution in [2.75, 3.05) is 5.32 Å². The van der Waals surface area contributed by atoms with Gasteiger partial charge in [0.25, 0.3) is 0 Å². The fourth-order valence-electron chi connectivity index (χ4n) is 5.77. The summed E-state index contributed by atoms with van der Waals surface area (Å²) in [5.74, 6) is 3.23. The zero-order valence-corrected chi connectivity index (χ0v) is 13.0. The SMILES string of the molecule is C[C@@H](Nc1[nH+]cccc1[N+](=O)[O-])C12CC3CC(CC(C3)C1)C2. The van der Waals surface area contributed by atoms with Gasteiger partial charge in [0.05, 0.1) is 17.2 Å². The Morgan fingerprint density at radius 2 is 1.86 bits per heavy atom. The summed E-state index contributed by atoms with van der Waals surface area (Å²) >= 11 is 0. The number of rotatable bonds is 4. The molecule has 4 aliphatic rings. The minimum Gasteiger partial charge on any atom is -0.266 e. The highest BCUT2D eigenvalue weighted by Crippen LogP contribution is 2.61. The molecule has 1 heterocycles. The second-order valence-electron chi connectivity index (χ2n) is 7.83. The van der Waals surface area contributed by atoms with Crippen LogP contribution >= 0.6 is 0 Å². The maximum Gasteiger partial charge on any atom is 0.357 e. The van der Waals surface area contributed by atoms with E-state index in [9.17, 15) is 10.1 Å². The molecule has 0 aliphatic heterocycles. The van der Waals surface area contributed by atoms with Crippen molar-refractivity contribution < 1.29 is 9.91 Å². The molecular weight excluding hydrogens is 278 g/mol. The van der Waals surface area contributed by atoms with Crippen LogP contribution in [0.3, 0.4) is 0 Å². The van der Waals surface area contributed by atoms with Crippen LogP contribution in [0.5, 0.6) is 0 Å². The molecule has 0 aromatic carbocycles. The average molecular weight is 302 g/mol. The van der Waals surface area contributed by atoms with Gasteiger partial charge >= 0.3 is 11.5 Å². The normalized spacial score (nSPS) is 37.0. The quantitative estimate of drug-likeness (QED) is 0.684. The topological polar surface area (TPSA) is 69.3 Å². The van der Waals surface area contributed by atoms with Crippen molar-refractivity contribution in [3.05, 3.63) is 28.4 Å². The van der Waals surface area contributed by atoms with Gasteiger partial charge in [0.1, 0.15) is 0 Å². The molecular formula is C17H24N3O2+. The second kappa shape index (κ2) is 4.93. The van der Waals surface area contributed by atoms with Crippen molar-refractivity contribution in [2.24, 2.45) is 23.2 Å². The fourth-order valence-corrected chi connectivity index (χ4v) is 5.77. The molecule has 5 nitrogen and oxygen atoms in total. The van der Waals surface area contributed by atoms with E-state index in [4.69, 9.17) is 0 Å². The number of aromatic nitrogens is 1. The second-order valence-corrected chi connectivity index (χ2v) is 7.83. The minimum atomic E-state index is -0.314. The molecule has 0 spiro atoms. The number of hydrogen-bond donors (Lipinski definition) is 1. The number of aromatic amines is 1. The standard InChI is InChI=1S/C17H23N3O2/c1-11(19-16-15(20(21)22)3-2-4-18-16)17-8-12-5-13(9-17)7-14(6-12)10-17/h2-4,11-14H,5-10H2,1H3,(H,18,19)/p+1/t11-,12?,13?,14?,17?/m1/s1. The zero-order chi connectivity index (χ0) is 15.3. The molecule has 2 N–H and O–H groups in total. The van der Waals surface area contributed by atoms with Crippen molar-refractivity contribution >= 4 is 11.5 Å². The smallest absolute Gasteiger partial charge is 0.266 e. The van der Waals surface area contributed by atoms with Crippen molar-refractivity contribution in [2.45, 2.75) is 51.5 Å². The van der Waals surface area contributed by atoms with Crippen LogP contribution in [0.2, 0.25) is 0 Å². The van der Waals surface area contributed by atoms with Gasteiger partial charge < -0.3 is 0 Å². The number of hydrogen-bond acceptors (Lipinski definition) is 3. The Bertz CT molecular complexity index is 566. The molecule has 0 saturated heterocycles. The van der Waals surface area contributed by atoms with Gasteiger partial charge in [-0.05, 0) is 69.3 Å². The van der Waals surface area contributed by atoms with Gasteiger partial charge in [-0.15, -0.1) is 0 Å². The molecule has 5 rings (SSSR count). The van der Waals surface area contributed by atoms with E-state index in [-0.39, 0.29) is 16.7 Å². The lowest BCUT2D eigenvalue weighted by Crippen LogP contribution is -2.53. The van der Waals surface area contributed by atoms with E-state index >= 15 is 0 Å². The molecule has 22 heavy (non-hydrogen) atoms. The summed E-state index contributed by atoms with van der Waals surface area (Å²) in [7, 11) is 0. The van der Waals surface area contributed by atoms with Crippen LogP contribution in [0.1, 0.15) is 45.4 Å². The van der Waals surface area contributed by atoms with E-state index in [0.29, 0.717) is 11.2 Å². The van der Waals surface area contributed by atoms with Gasteiger partial charge in [-0.25, -0.2) is 4.98 Å². The third kappa shape index (κ3) is 2.18. The summed E-state index contributed by atoms with van der Waals surface area (Å²) in [4.78, 5) is 13.9. The minimum absolute atomic E-state index is 0.138. The first kappa shape index (κ1) is 14.0. The Morgan fingerprint density at radius 1 is 1.27 bits per heavy atom. The van der Waals surface area contributed by atoms with E-state index in [1.165, 1.54) is 38.5 Å². The first-order chi connectivity index (χ1) is 10.6. The van der Waals surface area contributed by atoms with Crippen LogP contribution < -0.4 is 10.3 Å². The third-order valence-corrected chi connectivity index (χ3v) is 6.40. The lowest BCUT2D eigenvalue weighted by atomic mass is 9.48. The van der Waals surface area contributed by atoms with Crippen molar-refractivity contribution in [1.82, 2.24) is 0 Å². The molecule has 1 aromatic heterocycles. The largest absolute Gasteiger partial charge is 0.357 e. The van der Waals surface area contributed by atoms with E-state index in [2.05, 4.69) is 17.2 Å². The summed E-state index contributed by atoms with van der Waals surface area (Å²) in [6, 6.07) is 3.52. The Morgan fingerprint density at radius 3 is 2.41 bits per heavy atom. The number of nitro groups is 1. The summed E-state index contributed by atoms with van der Waals surface area (Å²) < 4.78 is 0. The van der Waals surface area contributed by atoms with Crippen LogP contribution in [0.25, 0.3) is 0 Å². The lowest BCUT2D eigenvalue weighted by Gasteiger charge is -2.57. The lowest BCUT2D eigenvalue weighted by molar-refractivity contribution is -0.410. The molecule has 0 radical (unpaired) electrons. The van der Waals surface area contributed by atoms with Gasteiger partial charge in [-0.1, -0.05) is 0 Å². The predicted octanol–water partition coefficient (Wildman–Crippen LogP) is 3.43. The number of anilines is 1. The maximum absolute atomic E-state index is 11.2. The van der Waals surface area contributed by atoms with Crippen LogP contribution in [-0.2, 0) is 0 Å². The van der Waals surface area contributed by atoms with E-state index < -0.39 is 0 Å². The van der Waals surface area contributed by atoms with E-state index in [1.54, 1.807) is 18.3 Å². The molecule has 118 valence electrons. The highest BCUT2D eigenvalue weighted by molar-refractivity contribution is 5.51. The Balaban J connectivity index is 1.58. The highest BCUT2D eigenvalue weighted by Gasteiger charge is 2.54. The van der Waals surface area contributed by atoms with E-state index in [0.717, 1.165) is 17.8 Å². The van der Waals surface area contributed by atoms with Crippen LogP contribution in [-0.4, -0.2) is 11.0 Å². The molecule has 1 aromatic rings. The van der Waals surface area contributed by atoms with Crippen LogP contribution in [0, 0.1) is 33.3 Å². The fraction of sp³-hybridized carbons (Fsp3) is 0.706. The summed E-state index contributed by atoms with van der Waals surface area (Å²) in [6.45, 7) is 2.22. The van der Waals surface area contributed by atoms with Crippen molar-refractivity contribution in [3.8, 4) is 0 Å². The first-order valence-corrected chi connectivity index (χ1v) is 8.47. The zero-order valence-electron chi connectivity index (χ0n) is 13.0.